The Morgan fingerprint density at radius 1 is 0.896 bits per heavy atom. The number of carbonyl (C=O) groups is 3. The summed E-state index contributed by atoms with van der Waals surface area (Å²) in [7, 11) is 2.08. The van der Waals surface area contributed by atoms with Gasteiger partial charge < -0.3 is 24.3 Å². The third kappa shape index (κ3) is 7.59. The average Bonchev–Trinajstić information content (AvgIpc) is 3.82. The number of benzene rings is 1. The second kappa shape index (κ2) is 14.2. The Balaban J connectivity index is 1.33. The fourth-order valence-corrected chi connectivity index (χ4v) is 8.98. The summed E-state index contributed by atoms with van der Waals surface area (Å²) in [4.78, 5) is 54.4. The van der Waals surface area contributed by atoms with Crippen molar-refractivity contribution in [3.05, 3.63) is 34.9 Å². The number of carbonyl (C=O) groups excluding carboxylic acids is 3. The van der Waals surface area contributed by atoms with Crippen molar-refractivity contribution in [1.82, 2.24) is 24.5 Å². The summed E-state index contributed by atoms with van der Waals surface area (Å²) < 4.78 is 5.97. The number of ether oxygens (including phenoxy) is 1. The van der Waals surface area contributed by atoms with E-state index >= 15 is 4.79 Å². The Morgan fingerprint density at radius 3 is 2.17 bits per heavy atom. The van der Waals surface area contributed by atoms with Crippen molar-refractivity contribution in [3.8, 4) is 0 Å². The number of amides is 3. The first-order valence-corrected chi connectivity index (χ1v) is 18.8. The van der Waals surface area contributed by atoms with E-state index in [0.717, 1.165) is 63.7 Å². The van der Waals surface area contributed by atoms with Crippen molar-refractivity contribution in [3.63, 3.8) is 0 Å². The quantitative estimate of drug-likeness (QED) is 0.426. The van der Waals surface area contributed by atoms with Crippen LogP contribution in [0.2, 0.25) is 5.02 Å². The van der Waals surface area contributed by atoms with Crippen molar-refractivity contribution in [1.29, 1.82) is 0 Å². The molecule has 1 aliphatic carbocycles. The standard InChI is InChI=1S/C38H58ClN5O4/c1-37(2,3)42-24-30(26-9-11-27(39)12-10-26)31(25-42)34(45)43-23-29(22-32(43)35(46)41-19-17-40(6)18-20-41)44(36(47)33-8-7-21-48-33)28-13-15-38(4,5)16-14-28/h9-12,28-33H,7-8,13-25H2,1-6H3/t29-,30-,31+,32+,33?/m0/s1. The minimum absolute atomic E-state index is 0.0161. The Labute approximate surface area is 293 Å². The number of likely N-dealkylation sites (N-methyl/N-ethyl adjacent to an activating group) is 1. The minimum Gasteiger partial charge on any atom is -0.368 e. The van der Waals surface area contributed by atoms with E-state index in [1.807, 2.05) is 34.1 Å². The van der Waals surface area contributed by atoms with Gasteiger partial charge in [-0.3, -0.25) is 19.3 Å². The maximum Gasteiger partial charge on any atom is 0.252 e. The van der Waals surface area contributed by atoms with Gasteiger partial charge in [-0.1, -0.05) is 37.6 Å². The van der Waals surface area contributed by atoms with E-state index in [0.29, 0.717) is 44.2 Å². The van der Waals surface area contributed by atoms with Crippen molar-refractivity contribution in [2.45, 2.75) is 115 Å². The number of likely N-dealkylation sites (tertiary alicyclic amines) is 2. The fourth-order valence-electron chi connectivity index (χ4n) is 8.85. The third-order valence-electron chi connectivity index (χ3n) is 12.1. The van der Waals surface area contributed by atoms with Crippen molar-refractivity contribution >= 4 is 29.3 Å². The zero-order valence-corrected chi connectivity index (χ0v) is 30.9. The van der Waals surface area contributed by atoms with E-state index in [1.165, 1.54) is 0 Å². The molecule has 0 aromatic heterocycles. The molecule has 5 fully saturated rings. The molecule has 1 unspecified atom stereocenters. The monoisotopic (exact) mass is 683 g/mol. The molecule has 10 heteroatoms. The number of hydrogen-bond donors (Lipinski definition) is 0. The number of piperazine rings is 1. The third-order valence-corrected chi connectivity index (χ3v) is 12.4. The van der Waals surface area contributed by atoms with Crippen molar-refractivity contribution in [2.24, 2.45) is 11.3 Å². The maximum atomic E-state index is 15.0. The van der Waals surface area contributed by atoms with Crippen LogP contribution in [0.5, 0.6) is 0 Å². The van der Waals surface area contributed by atoms with E-state index in [-0.39, 0.29) is 52.6 Å². The summed E-state index contributed by atoms with van der Waals surface area (Å²) in [6.45, 7) is 16.6. The Bertz CT molecular complexity index is 1310. The molecular weight excluding hydrogens is 626 g/mol. The van der Waals surface area contributed by atoms with Crippen LogP contribution in [0.3, 0.4) is 0 Å². The lowest BCUT2D eigenvalue weighted by Crippen LogP contribution is -2.54. The molecule has 1 aromatic rings. The van der Waals surface area contributed by atoms with E-state index in [1.54, 1.807) is 0 Å². The highest BCUT2D eigenvalue weighted by atomic mass is 35.5. The van der Waals surface area contributed by atoms with Crippen LogP contribution < -0.4 is 0 Å². The van der Waals surface area contributed by atoms with Crippen LogP contribution in [0, 0.1) is 11.3 Å². The second-order valence-corrected chi connectivity index (χ2v) is 17.4. The van der Waals surface area contributed by atoms with Gasteiger partial charge in [-0.25, -0.2) is 0 Å². The SMILES string of the molecule is CN1CCN(C(=O)[C@H]2C[C@H](N(C(=O)C3CCCO3)C3CCC(C)(C)CC3)CN2C(=O)[C@@H]2CN(C(C)(C)C)C[C@H]2c2ccc(Cl)cc2)CC1. The fraction of sp³-hybridized carbons (Fsp3) is 0.763. The largest absolute Gasteiger partial charge is 0.368 e. The average molecular weight is 684 g/mol. The van der Waals surface area contributed by atoms with Crippen molar-refractivity contribution in [2.75, 3.05) is 59.5 Å². The van der Waals surface area contributed by atoms with Gasteiger partial charge in [-0.05, 0) is 95.9 Å². The molecule has 0 bridgehead atoms. The summed E-state index contributed by atoms with van der Waals surface area (Å²) in [6, 6.07) is 7.21. The van der Waals surface area contributed by atoms with E-state index in [4.69, 9.17) is 16.3 Å². The lowest BCUT2D eigenvalue weighted by molar-refractivity contribution is -0.148. The van der Waals surface area contributed by atoms with Gasteiger partial charge in [-0.15, -0.1) is 0 Å². The van der Waals surface area contributed by atoms with Crippen LogP contribution in [-0.2, 0) is 19.1 Å². The van der Waals surface area contributed by atoms with Crippen molar-refractivity contribution < 1.29 is 19.1 Å². The number of rotatable bonds is 6. The summed E-state index contributed by atoms with van der Waals surface area (Å²) >= 11 is 6.28. The zero-order chi connectivity index (χ0) is 34.4. The predicted octanol–water partition coefficient (Wildman–Crippen LogP) is 4.87. The molecule has 6 rings (SSSR count). The van der Waals surface area contributed by atoms with E-state index < -0.39 is 12.1 Å². The van der Waals surface area contributed by atoms with Gasteiger partial charge in [0.15, 0.2) is 0 Å². The molecule has 1 saturated carbocycles. The maximum absolute atomic E-state index is 15.0. The van der Waals surface area contributed by atoms with E-state index in [2.05, 4.69) is 56.4 Å². The van der Waals surface area contributed by atoms with Crippen LogP contribution in [0.4, 0.5) is 0 Å². The van der Waals surface area contributed by atoms with Gasteiger partial charge in [0.2, 0.25) is 11.8 Å². The summed E-state index contributed by atoms with van der Waals surface area (Å²) in [5, 5.41) is 0.676. The minimum atomic E-state index is -0.583. The molecule has 266 valence electrons. The number of halogens is 1. The molecule has 0 radical (unpaired) electrons. The molecule has 0 spiro atoms. The van der Waals surface area contributed by atoms with Gasteiger partial charge in [0.25, 0.3) is 5.91 Å². The Hall–Kier alpha value is -2.20. The molecule has 4 aliphatic heterocycles. The summed E-state index contributed by atoms with van der Waals surface area (Å²) in [6.07, 6.45) is 5.67. The molecule has 9 nitrogen and oxygen atoms in total. The smallest absolute Gasteiger partial charge is 0.252 e. The Kier molecular flexibility index (Phi) is 10.5. The first-order valence-electron chi connectivity index (χ1n) is 18.4. The van der Waals surface area contributed by atoms with Gasteiger partial charge in [0, 0.05) is 74.9 Å². The van der Waals surface area contributed by atoms with Crippen LogP contribution in [-0.4, -0.2) is 131 Å². The number of hydrogen-bond acceptors (Lipinski definition) is 6. The topological polar surface area (TPSA) is 76.6 Å². The van der Waals surface area contributed by atoms with Crippen LogP contribution in [0.25, 0.3) is 0 Å². The molecule has 3 amide bonds. The lowest BCUT2D eigenvalue weighted by atomic mass is 9.75. The Morgan fingerprint density at radius 2 is 1.56 bits per heavy atom. The van der Waals surface area contributed by atoms with Crippen LogP contribution >= 0.6 is 11.6 Å². The predicted molar refractivity (Wildman–Crippen MR) is 189 cm³/mol. The van der Waals surface area contributed by atoms with Gasteiger partial charge in [-0.2, -0.15) is 0 Å². The zero-order valence-electron chi connectivity index (χ0n) is 30.1. The number of nitrogens with zero attached hydrogens (tertiary/aromatic N) is 5. The van der Waals surface area contributed by atoms with Gasteiger partial charge in [0.1, 0.15) is 12.1 Å². The molecule has 48 heavy (non-hydrogen) atoms. The molecule has 5 aliphatic rings. The molecule has 0 N–H and O–H groups in total. The highest BCUT2D eigenvalue weighted by Gasteiger charge is 2.51. The first-order chi connectivity index (χ1) is 22.7. The normalized spacial score (nSPS) is 30.6. The van der Waals surface area contributed by atoms with Crippen LogP contribution in [0.15, 0.2) is 24.3 Å². The lowest BCUT2D eigenvalue weighted by Gasteiger charge is -2.43. The van der Waals surface area contributed by atoms with E-state index in [9.17, 15) is 9.59 Å². The highest BCUT2D eigenvalue weighted by Crippen LogP contribution is 2.42. The second-order valence-electron chi connectivity index (χ2n) is 17.0. The first kappa shape index (κ1) is 35.6. The molecule has 1 aromatic carbocycles. The molecule has 4 saturated heterocycles. The summed E-state index contributed by atoms with van der Waals surface area (Å²) in [5.74, 6) is -0.198. The van der Waals surface area contributed by atoms with Crippen LogP contribution in [0.1, 0.15) is 91.0 Å². The molecule has 4 heterocycles. The molecule has 5 atom stereocenters. The highest BCUT2D eigenvalue weighted by molar-refractivity contribution is 6.30. The summed E-state index contributed by atoms with van der Waals surface area (Å²) in [5.41, 5.74) is 1.24. The van der Waals surface area contributed by atoms with Gasteiger partial charge in [0.05, 0.1) is 12.0 Å². The molecular formula is C38H58ClN5O4. The van der Waals surface area contributed by atoms with Gasteiger partial charge >= 0.3 is 0 Å².